The Morgan fingerprint density at radius 3 is 2.76 bits per heavy atom. The van der Waals surface area contributed by atoms with Crippen LogP contribution in [0.25, 0.3) is 22.6 Å². The van der Waals surface area contributed by atoms with Gasteiger partial charge in [-0.3, -0.25) is 0 Å². The van der Waals surface area contributed by atoms with E-state index in [4.69, 9.17) is 9.47 Å². The topological polar surface area (TPSA) is 128 Å². The number of nitrogens with one attached hydrogen (secondary N) is 3. The Bertz CT molecular complexity index is 1630. The fourth-order valence-corrected chi connectivity index (χ4v) is 4.42. The van der Waals surface area contributed by atoms with Gasteiger partial charge in [0.1, 0.15) is 23.5 Å². The van der Waals surface area contributed by atoms with Gasteiger partial charge in [-0.25, -0.2) is 33.4 Å². The highest BCUT2D eigenvalue weighted by atomic mass is 19.3. The molecule has 0 saturated carbocycles. The lowest BCUT2D eigenvalue weighted by atomic mass is 10.1. The van der Waals surface area contributed by atoms with Crippen molar-refractivity contribution < 1.29 is 18.3 Å². The average molecular weight is 520 g/mol. The van der Waals surface area contributed by atoms with Crippen molar-refractivity contribution in [2.45, 2.75) is 19.5 Å². The number of hydrogen-bond donors (Lipinski definition) is 3. The van der Waals surface area contributed by atoms with E-state index in [0.29, 0.717) is 59.8 Å². The lowest BCUT2D eigenvalue weighted by molar-refractivity contribution is 0.109. The number of nitrogens with zero attached hydrogens (tertiary/aromatic N) is 6. The van der Waals surface area contributed by atoms with Gasteiger partial charge in [-0.05, 0) is 23.8 Å². The Balaban J connectivity index is 1.41. The van der Waals surface area contributed by atoms with E-state index in [1.165, 1.54) is 6.33 Å². The standard InChI is InChI=1S/C25H23F2N9O2/c1-36-25(28-12-29-36)14-4-3-5-16(21(14)37-2)30-17-10-19(33-23-20(17)34-24(35-23)22(26)27)32-18-7-6-13-11-38-9-8-15(13)31-18/h3-7,10,12,22H,8-9,11H2,1-2H3,(H3,30,31,32,33,34,35). The zero-order valence-electron chi connectivity index (χ0n) is 20.5. The van der Waals surface area contributed by atoms with E-state index in [0.717, 1.165) is 11.3 Å². The minimum Gasteiger partial charge on any atom is -0.494 e. The first-order valence-electron chi connectivity index (χ1n) is 11.8. The third-order valence-electron chi connectivity index (χ3n) is 6.18. The average Bonchev–Trinajstić information content (AvgIpc) is 3.55. The summed E-state index contributed by atoms with van der Waals surface area (Å²) < 4.78 is 39.9. The molecular formula is C25H23F2N9O2. The number of para-hydroxylation sites is 1. The van der Waals surface area contributed by atoms with Gasteiger partial charge in [0.05, 0.1) is 43.0 Å². The van der Waals surface area contributed by atoms with Gasteiger partial charge < -0.3 is 25.1 Å². The Morgan fingerprint density at radius 2 is 1.97 bits per heavy atom. The van der Waals surface area contributed by atoms with E-state index in [2.05, 4.69) is 40.7 Å². The van der Waals surface area contributed by atoms with E-state index >= 15 is 0 Å². The Morgan fingerprint density at radius 1 is 1.08 bits per heavy atom. The van der Waals surface area contributed by atoms with E-state index in [9.17, 15) is 8.78 Å². The molecule has 0 bridgehead atoms. The first-order chi connectivity index (χ1) is 18.5. The van der Waals surface area contributed by atoms with Crippen LogP contribution in [0.4, 0.5) is 31.8 Å². The van der Waals surface area contributed by atoms with Crippen LogP contribution < -0.4 is 15.4 Å². The second kappa shape index (κ2) is 9.67. The van der Waals surface area contributed by atoms with Crippen LogP contribution in [0.2, 0.25) is 0 Å². The number of ether oxygens (including phenoxy) is 2. The first kappa shape index (κ1) is 23.7. The number of rotatable bonds is 7. The third kappa shape index (κ3) is 4.36. The van der Waals surface area contributed by atoms with Crippen LogP contribution in [0.1, 0.15) is 23.5 Å². The number of imidazole rings is 1. The lowest BCUT2D eigenvalue weighted by Gasteiger charge is -2.17. The van der Waals surface area contributed by atoms with Gasteiger partial charge in [-0.2, -0.15) is 5.10 Å². The normalized spacial score (nSPS) is 13.1. The number of halogens is 2. The van der Waals surface area contributed by atoms with Gasteiger partial charge in [0, 0.05) is 19.5 Å². The van der Waals surface area contributed by atoms with E-state index in [1.807, 2.05) is 30.3 Å². The molecule has 4 aromatic heterocycles. The van der Waals surface area contributed by atoms with Crippen molar-refractivity contribution in [3.63, 3.8) is 0 Å². The van der Waals surface area contributed by atoms with Gasteiger partial charge in [0.2, 0.25) is 0 Å². The van der Waals surface area contributed by atoms with Crippen molar-refractivity contribution in [1.82, 2.24) is 34.7 Å². The fourth-order valence-electron chi connectivity index (χ4n) is 4.42. The second-order valence-electron chi connectivity index (χ2n) is 8.62. The minimum absolute atomic E-state index is 0.197. The molecule has 1 aliphatic heterocycles. The highest BCUT2D eigenvalue weighted by Gasteiger charge is 2.20. The maximum absolute atomic E-state index is 13.5. The van der Waals surface area contributed by atoms with Gasteiger partial charge in [0.25, 0.3) is 6.43 Å². The molecule has 11 nitrogen and oxygen atoms in total. The van der Waals surface area contributed by atoms with Crippen molar-refractivity contribution in [2.24, 2.45) is 7.05 Å². The van der Waals surface area contributed by atoms with Crippen LogP contribution in [-0.4, -0.2) is 48.4 Å². The van der Waals surface area contributed by atoms with Crippen molar-refractivity contribution in [2.75, 3.05) is 24.4 Å². The molecule has 3 N–H and O–H groups in total. The molecule has 0 fully saturated rings. The predicted octanol–water partition coefficient (Wildman–Crippen LogP) is 4.65. The van der Waals surface area contributed by atoms with Gasteiger partial charge in [-0.15, -0.1) is 0 Å². The molecule has 0 aliphatic carbocycles. The molecule has 5 heterocycles. The fraction of sp³-hybridized carbons (Fsp3) is 0.240. The summed E-state index contributed by atoms with van der Waals surface area (Å²) in [5.74, 6) is 1.62. The minimum atomic E-state index is -2.79. The summed E-state index contributed by atoms with van der Waals surface area (Å²) in [5, 5.41) is 10.6. The highest BCUT2D eigenvalue weighted by Crippen LogP contribution is 2.38. The molecule has 0 unspecified atom stereocenters. The molecule has 0 saturated heterocycles. The number of alkyl halides is 2. The molecule has 0 spiro atoms. The maximum Gasteiger partial charge on any atom is 0.295 e. The smallest absolute Gasteiger partial charge is 0.295 e. The van der Waals surface area contributed by atoms with Crippen LogP contribution >= 0.6 is 0 Å². The largest absolute Gasteiger partial charge is 0.494 e. The van der Waals surface area contributed by atoms with E-state index in [-0.39, 0.29) is 11.2 Å². The summed E-state index contributed by atoms with van der Waals surface area (Å²) >= 11 is 0. The number of fused-ring (bicyclic) bond motifs is 2. The second-order valence-corrected chi connectivity index (χ2v) is 8.62. The Hall–Kier alpha value is -4.65. The van der Waals surface area contributed by atoms with Crippen molar-refractivity contribution in [1.29, 1.82) is 0 Å². The molecule has 38 heavy (non-hydrogen) atoms. The molecule has 5 aromatic rings. The van der Waals surface area contributed by atoms with Crippen LogP contribution in [0.5, 0.6) is 5.75 Å². The van der Waals surface area contributed by atoms with Gasteiger partial charge >= 0.3 is 0 Å². The number of pyridine rings is 2. The summed E-state index contributed by atoms with van der Waals surface area (Å²) in [6.45, 7) is 1.14. The molecule has 1 aromatic carbocycles. The summed E-state index contributed by atoms with van der Waals surface area (Å²) in [5.41, 5.74) is 4.18. The number of aryl methyl sites for hydroxylation is 1. The van der Waals surface area contributed by atoms with Crippen LogP contribution in [0, 0.1) is 0 Å². The zero-order valence-corrected chi connectivity index (χ0v) is 20.5. The van der Waals surface area contributed by atoms with Crippen molar-refractivity contribution in [3.05, 3.63) is 59.8 Å². The van der Waals surface area contributed by atoms with Gasteiger partial charge in [-0.1, -0.05) is 12.1 Å². The molecule has 13 heteroatoms. The first-order valence-corrected chi connectivity index (χ1v) is 11.8. The molecule has 194 valence electrons. The van der Waals surface area contributed by atoms with Crippen LogP contribution in [0.15, 0.2) is 42.7 Å². The molecule has 0 atom stereocenters. The Labute approximate surface area is 215 Å². The summed E-state index contributed by atoms with van der Waals surface area (Å²) in [4.78, 5) is 20.2. The lowest BCUT2D eigenvalue weighted by Crippen LogP contribution is -2.12. The number of methoxy groups -OCH3 is 1. The van der Waals surface area contributed by atoms with Crippen LogP contribution in [0.3, 0.4) is 0 Å². The number of hydrogen-bond acceptors (Lipinski definition) is 9. The van der Waals surface area contributed by atoms with Gasteiger partial charge in [0.15, 0.2) is 23.0 Å². The molecule has 0 radical (unpaired) electrons. The number of anilines is 4. The molecule has 0 amide bonds. The monoisotopic (exact) mass is 519 g/mol. The summed E-state index contributed by atoms with van der Waals surface area (Å²) in [7, 11) is 3.33. The van der Waals surface area contributed by atoms with Crippen LogP contribution in [-0.2, 0) is 24.8 Å². The predicted molar refractivity (Wildman–Crippen MR) is 136 cm³/mol. The van der Waals surface area contributed by atoms with E-state index < -0.39 is 12.2 Å². The summed E-state index contributed by atoms with van der Waals surface area (Å²) in [6, 6.07) is 11.0. The quantitative estimate of drug-likeness (QED) is 0.281. The zero-order chi connectivity index (χ0) is 26.2. The molecule has 1 aliphatic rings. The van der Waals surface area contributed by atoms with Crippen molar-refractivity contribution >= 4 is 34.2 Å². The number of benzene rings is 1. The highest BCUT2D eigenvalue weighted by molar-refractivity contribution is 5.92. The van der Waals surface area contributed by atoms with E-state index in [1.54, 1.807) is 24.9 Å². The third-order valence-corrected chi connectivity index (χ3v) is 6.18. The Kier molecular flexibility index (Phi) is 6.04. The van der Waals surface area contributed by atoms with Crippen molar-refractivity contribution in [3.8, 4) is 17.1 Å². The summed E-state index contributed by atoms with van der Waals surface area (Å²) in [6.07, 6.45) is -0.618. The number of H-pyrrole nitrogens is 1. The molecular weight excluding hydrogens is 496 g/mol. The number of aromatic amines is 1. The SMILES string of the molecule is COc1c(Nc2cc(Nc3ccc4c(n3)CCOC4)nc3[nH]c(C(F)F)nc23)cccc1-c1ncnn1C. The number of aromatic nitrogens is 7. The maximum atomic E-state index is 13.5. The molecule has 6 rings (SSSR count).